The Bertz CT molecular complexity index is 1440. The van der Waals surface area contributed by atoms with Gasteiger partial charge in [0, 0.05) is 12.1 Å². The minimum absolute atomic E-state index is 0.108. The summed E-state index contributed by atoms with van der Waals surface area (Å²) in [5, 5.41) is 11.4. The van der Waals surface area contributed by atoms with Crippen LogP contribution in [0, 0.1) is 0 Å². The molecule has 1 heterocycles. The van der Waals surface area contributed by atoms with Crippen LogP contribution in [0.25, 0.3) is 21.8 Å². The van der Waals surface area contributed by atoms with Gasteiger partial charge in [0.1, 0.15) is 18.5 Å². The van der Waals surface area contributed by atoms with Crippen LogP contribution in [-0.4, -0.2) is 29.6 Å². The number of carbonyl (C=O) groups excluding carboxylic acids is 1. The number of aryl methyl sites for hydroxylation is 1. The Balaban J connectivity index is 0.000000331. The molecule has 0 aliphatic heterocycles. The maximum Gasteiger partial charge on any atom is 0.485 e. The molecule has 0 aliphatic carbocycles. The van der Waals surface area contributed by atoms with Crippen LogP contribution in [-0.2, 0) is 17.2 Å². The third-order valence-electron chi connectivity index (χ3n) is 4.59. The van der Waals surface area contributed by atoms with Crippen molar-refractivity contribution in [3.8, 4) is 11.5 Å². The number of aromatic nitrogens is 1. The average molecular weight is 479 g/mol. The van der Waals surface area contributed by atoms with E-state index in [0.717, 1.165) is 16.4 Å². The number of alkyl halides is 3. The fraction of sp³-hybridized carbons (Fsp3) is 0.0909. The lowest BCUT2D eigenvalue weighted by molar-refractivity contribution is -0.617. The summed E-state index contributed by atoms with van der Waals surface area (Å²) in [6, 6.07) is 21.7. The molecule has 4 aromatic rings. The van der Waals surface area contributed by atoms with Crippen LogP contribution in [0.5, 0.6) is 11.5 Å². The largest absolute Gasteiger partial charge is 0.741 e. The van der Waals surface area contributed by atoms with Gasteiger partial charge < -0.3 is 14.4 Å². The number of pyridine rings is 1. The number of hydrogen-bond acceptors (Lipinski definition) is 6. The Morgan fingerprint density at radius 2 is 1.48 bits per heavy atom. The highest BCUT2D eigenvalue weighted by Gasteiger charge is 2.36. The van der Waals surface area contributed by atoms with Crippen molar-refractivity contribution in [2.45, 2.75) is 5.51 Å². The van der Waals surface area contributed by atoms with Crippen LogP contribution in [0.3, 0.4) is 0 Å². The number of para-hydroxylation sites is 2. The molecule has 33 heavy (non-hydrogen) atoms. The van der Waals surface area contributed by atoms with Crippen molar-refractivity contribution >= 4 is 37.9 Å². The Morgan fingerprint density at radius 1 is 0.939 bits per heavy atom. The van der Waals surface area contributed by atoms with Crippen LogP contribution in [0.2, 0.25) is 0 Å². The Labute approximate surface area is 186 Å². The highest BCUT2D eigenvalue weighted by molar-refractivity contribution is 7.86. The van der Waals surface area contributed by atoms with Crippen molar-refractivity contribution in [1.82, 2.24) is 0 Å². The molecular weight excluding hydrogens is 463 g/mol. The Kier molecular flexibility index (Phi) is 6.56. The maximum atomic E-state index is 13.0. The summed E-state index contributed by atoms with van der Waals surface area (Å²) in [7, 11) is -4.15. The number of esters is 1. The standard InChI is InChI=1S/C21H15NO3.CHF3O3S/c1-22-18-10-6-5-9-16(18)20(17-13-14(23)11-12-19(17)22)21(24)25-15-7-3-2-4-8-15;2-1(3,4)8(5,6)7/h2-13H,1H3;(H,5,6,7). The third-order valence-corrected chi connectivity index (χ3v) is 5.15. The summed E-state index contributed by atoms with van der Waals surface area (Å²) < 4.78 is 66.5. The van der Waals surface area contributed by atoms with Gasteiger partial charge in [0.05, 0.1) is 16.3 Å². The fourth-order valence-electron chi connectivity index (χ4n) is 3.14. The smallest absolute Gasteiger partial charge is 0.485 e. The lowest BCUT2D eigenvalue weighted by Gasteiger charge is -2.10. The van der Waals surface area contributed by atoms with E-state index in [0.29, 0.717) is 16.7 Å². The maximum absolute atomic E-state index is 13.0. The van der Waals surface area contributed by atoms with Gasteiger partial charge in [-0.15, -0.1) is 0 Å². The van der Waals surface area contributed by atoms with Gasteiger partial charge in [0.15, 0.2) is 10.1 Å². The first kappa shape index (κ1) is 24.0. The van der Waals surface area contributed by atoms with Crippen LogP contribution in [0.1, 0.15) is 10.4 Å². The Morgan fingerprint density at radius 3 is 2.09 bits per heavy atom. The summed E-state index contributed by atoms with van der Waals surface area (Å²) in [4.78, 5) is 13.0. The summed E-state index contributed by atoms with van der Waals surface area (Å²) in [5.74, 6) is 0.147. The van der Waals surface area contributed by atoms with E-state index in [1.165, 1.54) is 0 Å². The number of phenols is 1. The number of phenolic OH excluding ortho intramolecular Hbond substituents is 1. The van der Waals surface area contributed by atoms with E-state index in [9.17, 15) is 23.1 Å². The lowest BCUT2D eigenvalue weighted by Crippen LogP contribution is -2.31. The van der Waals surface area contributed by atoms with Crippen molar-refractivity contribution < 1.29 is 45.3 Å². The number of halogens is 3. The molecule has 172 valence electrons. The molecule has 7 nitrogen and oxygen atoms in total. The van der Waals surface area contributed by atoms with Crippen molar-refractivity contribution in [1.29, 1.82) is 0 Å². The zero-order chi connectivity index (χ0) is 24.4. The second kappa shape index (κ2) is 9.04. The van der Waals surface area contributed by atoms with Gasteiger partial charge in [-0.3, -0.25) is 0 Å². The molecule has 0 saturated carbocycles. The molecule has 0 radical (unpaired) electrons. The van der Waals surface area contributed by atoms with E-state index >= 15 is 0 Å². The number of nitrogens with zero attached hydrogens (tertiary/aromatic N) is 1. The van der Waals surface area contributed by atoms with Crippen molar-refractivity contribution in [3.63, 3.8) is 0 Å². The van der Waals surface area contributed by atoms with Gasteiger partial charge in [-0.1, -0.05) is 30.3 Å². The predicted octanol–water partition coefficient (Wildman–Crippen LogP) is 3.79. The molecule has 0 amide bonds. The fourth-order valence-corrected chi connectivity index (χ4v) is 3.14. The quantitative estimate of drug-likeness (QED) is 0.117. The van der Waals surface area contributed by atoms with Crippen LogP contribution in [0.4, 0.5) is 13.2 Å². The van der Waals surface area contributed by atoms with Gasteiger partial charge in [0.2, 0.25) is 11.0 Å². The molecule has 0 spiro atoms. The highest BCUT2D eigenvalue weighted by atomic mass is 32.2. The second-order valence-electron chi connectivity index (χ2n) is 6.76. The van der Waals surface area contributed by atoms with Gasteiger partial charge in [-0.2, -0.15) is 17.7 Å². The van der Waals surface area contributed by atoms with Crippen molar-refractivity contribution in [3.05, 3.63) is 78.4 Å². The molecule has 11 heteroatoms. The number of aromatic hydroxyl groups is 1. The number of fused-ring (bicyclic) bond motifs is 2. The van der Waals surface area contributed by atoms with Gasteiger partial charge in [-0.05, 0) is 30.3 Å². The molecular formula is C22H16F3NO6S. The molecule has 0 saturated heterocycles. The molecule has 4 rings (SSSR count). The number of benzene rings is 3. The number of ether oxygens (including phenoxy) is 1. The molecule has 0 unspecified atom stereocenters. The van der Waals surface area contributed by atoms with E-state index in [-0.39, 0.29) is 5.75 Å². The zero-order valence-corrected chi connectivity index (χ0v) is 17.7. The molecule has 0 atom stereocenters. The molecule has 1 aromatic heterocycles. The number of hydrogen-bond donors (Lipinski definition) is 1. The zero-order valence-electron chi connectivity index (χ0n) is 16.9. The monoisotopic (exact) mass is 479 g/mol. The van der Waals surface area contributed by atoms with E-state index in [4.69, 9.17) is 17.7 Å². The normalized spacial score (nSPS) is 11.7. The first-order valence-corrected chi connectivity index (χ1v) is 10.6. The van der Waals surface area contributed by atoms with Crippen LogP contribution >= 0.6 is 0 Å². The van der Waals surface area contributed by atoms with Crippen LogP contribution in [0.15, 0.2) is 72.8 Å². The van der Waals surface area contributed by atoms with Crippen LogP contribution < -0.4 is 9.30 Å². The van der Waals surface area contributed by atoms with Gasteiger partial charge >= 0.3 is 11.5 Å². The molecule has 0 fully saturated rings. The lowest BCUT2D eigenvalue weighted by atomic mass is 10.0. The van der Waals surface area contributed by atoms with E-state index < -0.39 is 21.6 Å². The Hall–Kier alpha value is -3.70. The predicted molar refractivity (Wildman–Crippen MR) is 111 cm³/mol. The van der Waals surface area contributed by atoms with Crippen molar-refractivity contribution in [2.75, 3.05) is 0 Å². The first-order chi connectivity index (χ1) is 15.4. The second-order valence-corrected chi connectivity index (χ2v) is 8.13. The summed E-state index contributed by atoms with van der Waals surface area (Å²) >= 11 is 0. The SMILES string of the molecule is C[n+]1c2ccccc2c(C(=O)Oc2ccccc2)c2cc(O)ccc21.O=S(=O)([O-])C(F)(F)F. The minimum Gasteiger partial charge on any atom is -0.741 e. The average Bonchev–Trinajstić information content (AvgIpc) is 2.73. The molecule has 0 bridgehead atoms. The molecule has 3 aromatic carbocycles. The number of rotatable bonds is 2. The van der Waals surface area contributed by atoms with E-state index in [2.05, 4.69) is 0 Å². The van der Waals surface area contributed by atoms with Crippen molar-refractivity contribution in [2.24, 2.45) is 7.05 Å². The first-order valence-electron chi connectivity index (χ1n) is 9.23. The topological polar surface area (TPSA) is 108 Å². The van der Waals surface area contributed by atoms with E-state index in [1.807, 2.05) is 54.1 Å². The number of carbonyl (C=O) groups is 1. The summed E-state index contributed by atoms with van der Waals surface area (Å²) in [6.07, 6.45) is 0. The van der Waals surface area contributed by atoms with Gasteiger partial charge in [0.25, 0.3) is 0 Å². The minimum atomic E-state index is -6.09. The molecule has 0 aliphatic rings. The summed E-state index contributed by atoms with van der Waals surface area (Å²) in [6.45, 7) is 0. The third kappa shape index (κ3) is 5.21. The van der Waals surface area contributed by atoms with Gasteiger partial charge in [-0.25, -0.2) is 13.2 Å². The van der Waals surface area contributed by atoms with E-state index in [1.54, 1.807) is 30.3 Å². The molecule has 1 N–H and O–H groups in total. The summed E-state index contributed by atoms with van der Waals surface area (Å²) in [5.41, 5.74) is -3.44. The highest BCUT2D eigenvalue weighted by Crippen LogP contribution is 2.28.